The number of rotatable bonds is 5. The van der Waals surface area contributed by atoms with Crippen molar-refractivity contribution in [2.75, 3.05) is 5.32 Å². The van der Waals surface area contributed by atoms with Crippen LogP contribution in [0.5, 0.6) is 0 Å². The van der Waals surface area contributed by atoms with Crippen molar-refractivity contribution in [3.05, 3.63) is 62.1 Å². The van der Waals surface area contributed by atoms with Crippen LogP contribution in [0.4, 0.5) is 21.6 Å². The number of hydrogen-bond acceptors (Lipinski definition) is 6. The smallest absolute Gasteiger partial charge is 0.404 e. The minimum absolute atomic E-state index is 0.0358. The Morgan fingerprint density at radius 1 is 1.15 bits per heavy atom. The van der Waals surface area contributed by atoms with E-state index in [4.69, 9.17) is 4.42 Å². The topological polar surface area (TPSA) is 111 Å². The van der Waals surface area contributed by atoms with Crippen LogP contribution in [-0.4, -0.2) is 9.85 Å². The molecule has 1 aromatic carbocycles. The predicted octanol–water partition coefficient (Wildman–Crippen LogP) is 2.85. The molecule has 1 N–H and O–H groups in total. The first kappa shape index (κ1) is 13.5. The van der Waals surface area contributed by atoms with Gasteiger partial charge in [-0.15, -0.1) is 0 Å². The van der Waals surface area contributed by atoms with Gasteiger partial charge in [0, 0.05) is 12.1 Å². The second kappa shape index (κ2) is 5.34. The van der Waals surface area contributed by atoms with Crippen LogP contribution in [0.3, 0.4) is 0 Å². The zero-order valence-corrected chi connectivity index (χ0v) is 9.91. The Hall–Kier alpha value is -2.97. The van der Waals surface area contributed by atoms with Crippen LogP contribution < -0.4 is 5.32 Å². The molecule has 0 bridgehead atoms. The molecule has 0 unspecified atom stereocenters. The summed E-state index contributed by atoms with van der Waals surface area (Å²) in [6.07, 6.45) is 0. The summed E-state index contributed by atoms with van der Waals surface area (Å²) in [5.74, 6) is -0.888. The molecule has 2 aromatic rings. The average Bonchev–Trinajstić information content (AvgIpc) is 2.86. The number of anilines is 1. The summed E-state index contributed by atoms with van der Waals surface area (Å²) in [5, 5.41) is 23.6. The first-order valence-electron chi connectivity index (χ1n) is 5.38. The maximum Gasteiger partial charge on any atom is 0.433 e. The molecule has 9 heteroatoms. The number of nitrogens with one attached hydrogen (secondary N) is 1. The molecule has 20 heavy (non-hydrogen) atoms. The third-order valence-corrected chi connectivity index (χ3v) is 2.44. The van der Waals surface area contributed by atoms with E-state index in [-0.39, 0.29) is 23.7 Å². The van der Waals surface area contributed by atoms with Crippen molar-refractivity contribution in [3.63, 3.8) is 0 Å². The number of halogens is 1. The van der Waals surface area contributed by atoms with Crippen molar-refractivity contribution in [2.45, 2.75) is 6.54 Å². The summed E-state index contributed by atoms with van der Waals surface area (Å²) in [5.41, 5.74) is -0.349. The van der Waals surface area contributed by atoms with E-state index in [2.05, 4.69) is 5.32 Å². The van der Waals surface area contributed by atoms with Crippen LogP contribution in [0.1, 0.15) is 5.76 Å². The van der Waals surface area contributed by atoms with Gasteiger partial charge < -0.3 is 9.73 Å². The lowest BCUT2D eigenvalue weighted by Crippen LogP contribution is -2.01. The fourth-order valence-electron chi connectivity index (χ4n) is 1.50. The van der Waals surface area contributed by atoms with Crippen molar-refractivity contribution in [2.24, 2.45) is 0 Å². The van der Waals surface area contributed by atoms with E-state index in [1.165, 1.54) is 12.1 Å². The number of non-ortho nitro benzene ring substituents is 1. The van der Waals surface area contributed by atoms with Crippen molar-refractivity contribution in [1.29, 1.82) is 0 Å². The van der Waals surface area contributed by atoms with E-state index >= 15 is 0 Å². The summed E-state index contributed by atoms with van der Waals surface area (Å²) in [6, 6.07) is 5.57. The normalized spacial score (nSPS) is 10.2. The molecule has 0 atom stereocenters. The van der Waals surface area contributed by atoms with Crippen molar-refractivity contribution in [3.8, 4) is 0 Å². The van der Waals surface area contributed by atoms with Gasteiger partial charge in [0.05, 0.1) is 23.2 Å². The van der Waals surface area contributed by atoms with E-state index in [0.717, 1.165) is 18.2 Å². The van der Waals surface area contributed by atoms with Crippen LogP contribution in [0.2, 0.25) is 0 Å². The SMILES string of the molecule is O=[N+]([O-])c1ccc(F)c(NCc2ccc([N+](=O)[O-])o2)c1. The van der Waals surface area contributed by atoms with Crippen LogP contribution >= 0.6 is 0 Å². The van der Waals surface area contributed by atoms with Gasteiger partial charge in [-0.2, -0.15) is 0 Å². The molecule has 0 aliphatic heterocycles. The molecule has 0 saturated carbocycles. The highest BCUT2D eigenvalue weighted by molar-refractivity contribution is 5.52. The molecular formula is C11H8FN3O5. The zero-order chi connectivity index (χ0) is 14.7. The highest BCUT2D eigenvalue weighted by Crippen LogP contribution is 2.23. The van der Waals surface area contributed by atoms with E-state index in [0.29, 0.717) is 0 Å². The zero-order valence-electron chi connectivity index (χ0n) is 9.91. The molecule has 8 nitrogen and oxygen atoms in total. The number of furan rings is 1. The van der Waals surface area contributed by atoms with Gasteiger partial charge in [0.15, 0.2) is 0 Å². The van der Waals surface area contributed by atoms with E-state index in [1.807, 2.05) is 0 Å². The lowest BCUT2D eigenvalue weighted by atomic mass is 10.2. The molecule has 104 valence electrons. The van der Waals surface area contributed by atoms with Crippen molar-refractivity contribution >= 4 is 17.3 Å². The largest absolute Gasteiger partial charge is 0.433 e. The maximum atomic E-state index is 13.4. The van der Waals surface area contributed by atoms with Crippen LogP contribution in [0, 0.1) is 26.0 Å². The third kappa shape index (κ3) is 2.88. The standard InChI is InChI=1S/C11H8FN3O5/c12-9-3-1-7(14(16)17)5-10(9)13-6-8-2-4-11(20-8)15(18)19/h1-5,13H,6H2. The molecule has 0 amide bonds. The van der Waals surface area contributed by atoms with E-state index in [1.54, 1.807) is 0 Å². The molecule has 1 heterocycles. The number of nitrogens with zero attached hydrogens (tertiary/aromatic N) is 2. The van der Waals surface area contributed by atoms with Gasteiger partial charge in [0.25, 0.3) is 5.69 Å². The van der Waals surface area contributed by atoms with Crippen molar-refractivity contribution in [1.82, 2.24) is 0 Å². The maximum absolute atomic E-state index is 13.4. The summed E-state index contributed by atoms with van der Waals surface area (Å²) in [6.45, 7) is -0.0358. The fourth-order valence-corrected chi connectivity index (χ4v) is 1.50. The number of hydrogen-bond donors (Lipinski definition) is 1. The molecule has 1 aromatic heterocycles. The highest BCUT2D eigenvalue weighted by atomic mass is 19.1. The van der Waals surface area contributed by atoms with Gasteiger partial charge in [-0.1, -0.05) is 0 Å². The summed E-state index contributed by atoms with van der Waals surface area (Å²) in [7, 11) is 0. The quantitative estimate of drug-likeness (QED) is 0.666. The summed E-state index contributed by atoms with van der Waals surface area (Å²) >= 11 is 0. The molecule has 0 spiro atoms. The number of nitro groups is 2. The Morgan fingerprint density at radius 3 is 2.50 bits per heavy atom. The number of nitro benzene ring substituents is 1. The van der Waals surface area contributed by atoms with Crippen LogP contribution in [0.25, 0.3) is 0 Å². The predicted molar refractivity (Wildman–Crippen MR) is 65.7 cm³/mol. The van der Waals surface area contributed by atoms with Gasteiger partial charge in [-0.3, -0.25) is 20.2 Å². The molecule has 0 aliphatic rings. The average molecular weight is 281 g/mol. The van der Waals surface area contributed by atoms with Gasteiger partial charge in [0.1, 0.15) is 16.5 Å². The molecule has 0 fully saturated rings. The van der Waals surface area contributed by atoms with Gasteiger partial charge in [-0.05, 0) is 12.1 Å². The first-order chi connectivity index (χ1) is 9.47. The third-order valence-electron chi connectivity index (χ3n) is 2.44. The highest BCUT2D eigenvalue weighted by Gasteiger charge is 2.13. The van der Waals surface area contributed by atoms with E-state index in [9.17, 15) is 24.6 Å². The minimum atomic E-state index is -0.697. The Balaban J connectivity index is 2.11. The Labute approximate surface area is 111 Å². The molecular weight excluding hydrogens is 273 g/mol. The second-order valence-electron chi connectivity index (χ2n) is 3.77. The summed E-state index contributed by atoms with van der Waals surface area (Å²) in [4.78, 5) is 19.7. The van der Waals surface area contributed by atoms with Crippen LogP contribution in [-0.2, 0) is 6.54 Å². The fraction of sp³-hybridized carbons (Fsp3) is 0.0909. The molecule has 2 rings (SSSR count). The van der Waals surface area contributed by atoms with E-state index < -0.39 is 21.5 Å². The lowest BCUT2D eigenvalue weighted by Gasteiger charge is -2.05. The van der Waals surface area contributed by atoms with Gasteiger partial charge in [-0.25, -0.2) is 4.39 Å². The Morgan fingerprint density at radius 2 is 1.90 bits per heavy atom. The number of benzene rings is 1. The summed E-state index contributed by atoms with van der Waals surface area (Å²) < 4.78 is 18.3. The monoisotopic (exact) mass is 281 g/mol. The molecule has 0 radical (unpaired) electrons. The second-order valence-corrected chi connectivity index (χ2v) is 3.77. The van der Waals surface area contributed by atoms with Crippen molar-refractivity contribution < 1.29 is 18.7 Å². The Bertz CT molecular complexity index is 670. The Kier molecular flexibility index (Phi) is 3.60. The molecule has 0 aliphatic carbocycles. The lowest BCUT2D eigenvalue weighted by molar-refractivity contribution is -0.402. The van der Waals surface area contributed by atoms with Gasteiger partial charge >= 0.3 is 5.88 Å². The van der Waals surface area contributed by atoms with Gasteiger partial charge in [0.2, 0.25) is 0 Å². The minimum Gasteiger partial charge on any atom is -0.404 e. The first-order valence-corrected chi connectivity index (χ1v) is 5.38. The van der Waals surface area contributed by atoms with Crippen LogP contribution in [0.15, 0.2) is 34.7 Å². The molecule has 0 saturated heterocycles.